The summed E-state index contributed by atoms with van der Waals surface area (Å²) >= 11 is 0. The molecule has 0 spiro atoms. The van der Waals surface area contributed by atoms with Crippen molar-refractivity contribution in [3.05, 3.63) is 11.9 Å². The van der Waals surface area contributed by atoms with Gasteiger partial charge in [0.25, 0.3) is 0 Å². The smallest absolute Gasteiger partial charge is 0.221 e. The molecule has 82 valence electrons. The van der Waals surface area contributed by atoms with Crippen LogP contribution in [0.25, 0.3) is 0 Å². The van der Waals surface area contributed by atoms with Gasteiger partial charge in [-0.15, -0.1) is 0 Å². The van der Waals surface area contributed by atoms with Gasteiger partial charge >= 0.3 is 0 Å². The minimum absolute atomic E-state index is 0.249. The molecule has 5 heteroatoms. The standard InChI is InChI=1S/C10H16N4O/c1-7-9(11)13-6-14-10(7)15-8-2-4-12-5-3-8/h6,8,12H,2-5H2,1H3,(H2,11,13,14). The summed E-state index contributed by atoms with van der Waals surface area (Å²) in [4.78, 5) is 8.01. The Bertz CT molecular complexity index is 336. The molecule has 0 atom stereocenters. The van der Waals surface area contributed by atoms with E-state index in [4.69, 9.17) is 10.5 Å². The Labute approximate surface area is 89.1 Å². The minimum atomic E-state index is 0.249. The van der Waals surface area contributed by atoms with E-state index in [2.05, 4.69) is 15.3 Å². The van der Waals surface area contributed by atoms with Crippen LogP contribution in [0, 0.1) is 6.92 Å². The lowest BCUT2D eigenvalue weighted by molar-refractivity contribution is 0.154. The van der Waals surface area contributed by atoms with Gasteiger partial charge in [-0.2, -0.15) is 0 Å². The highest BCUT2D eigenvalue weighted by molar-refractivity contribution is 5.43. The van der Waals surface area contributed by atoms with Crippen LogP contribution in [-0.4, -0.2) is 29.2 Å². The third kappa shape index (κ3) is 2.36. The summed E-state index contributed by atoms with van der Waals surface area (Å²) in [5.41, 5.74) is 6.51. The molecular weight excluding hydrogens is 192 g/mol. The third-order valence-corrected chi connectivity index (χ3v) is 2.64. The summed E-state index contributed by atoms with van der Waals surface area (Å²) in [6.07, 6.45) is 3.73. The Kier molecular flexibility index (Phi) is 3.01. The molecular formula is C10H16N4O. The second-order valence-electron chi connectivity index (χ2n) is 3.76. The lowest BCUT2D eigenvalue weighted by Crippen LogP contribution is -2.34. The topological polar surface area (TPSA) is 73.1 Å². The number of nitrogens with one attached hydrogen (secondary N) is 1. The van der Waals surface area contributed by atoms with Gasteiger partial charge in [-0.05, 0) is 32.9 Å². The van der Waals surface area contributed by atoms with E-state index in [9.17, 15) is 0 Å². The largest absolute Gasteiger partial charge is 0.474 e. The van der Waals surface area contributed by atoms with Gasteiger partial charge in [-0.1, -0.05) is 0 Å². The van der Waals surface area contributed by atoms with Crippen molar-refractivity contribution in [3.8, 4) is 5.88 Å². The number of nitrogens with two attached hydrogens (primary N) is 1. The molecule has 1 aromatic heterocycles. The highest BCUT2D eigenvalue weighted by Gasteiger charge is 2.16. The van der Waals surface area contributed by atoms with Crippen molar-refractivity contribution in [1.82, 2.24) is 15.3 Å². The average Bonchev–Trinajstić information content (AvgIpc) is 2.26. The fraction of sp³-hybridized carbons (Fsp3) is 0.600. The van der Waals surface area contributed by atoms with Crippen LogP contribution in [0.1, 0.15) is 18.4 Å². The maximum absolute atomic E-state index is 5.80. The molecule has 0 saturated carbocycles. The molecule has 0 aromatic carbocycles. The normalized spacial score (nSPS) is 17.7. The summed E-state index contributed by atoms with van der Waals surface area (Å²) in [6, 6.07) is 0. The Morgan fingerprint density at radius 2 is 2.13 bits per heavy atom. The molecule has 0 unspecified atom stereocenters. The number of piperidine rings is 1. The van der Waals surface area contributed by atoms with E-state index in [0.717, 1.165) is 31.5 Å². The second-order valence-corrected chi connectivity index (χ2v) is 3.76. The van der Waals surface area contributed by atoms with E-state index in [-0.39, 0.29) is 6.10 Å². The molecule has 15 heavy (non-hydrogen) atoms. The van der Waals surface area contributed by atoms with Crippen LogP contribution < -0.4 is 15.8 Å². The van der Waals surface area contributed by atoms with Gasteiger partial charge in [0.15, 0.2) is 0 Å². The summed E-state index contributed by atoms with van der Waals surface area (Å²) in [6.45, 7) is 3.89. The first-order chi connectivity index (χ1) is 7.27. The quantitative estimate of drug-likeness (QED) is 0.740. The van der Waals surface area contributed by atoms with E-state index in [0.29, 0.717) is 11.7 Å². The molecule has 1 aliphatic rings. The molecule has 2 rings (SSSR count). The van der Waals surface area contributed by atoms with Crippen LogP contribution in [0.5, 0.6) is 5.88 Å². The number of nitrogens with zero attached hydrogens (tertiary/aromatic N) is 2. The number of hydrogen-bond acceptors (Lipinski definition) is 5. The monoisotopic (exact) mass is 208 g/mol. The predicted octanol–water partition coefficient (Wildman–Crippen LogP) is 0.498. The van der Waals surface area contributed by atoms with Gasteiger partial charge in [0, 0.05) is 0 Å². The molecule has 0 aliphatic carbocycles. The van der Waals surface area contributed by atoms with Crippen molar-refractivity contribution in [3.63, 3.8) is 0 Å². The molecule has 1 saturated heterocycles. The zero-order valence-electron chi connectivity index (χ0n) is 8.86. The van der Waals surface area contributed by atoms with Gasteiger partial charge in [0.1, 0.15) is 18.2 Å². The Hall–Kier alpha value is -1.36. The zero-order chi connectivity index (χ0) is 10.7. The maximum Gasteiger partial charge on any atom is 0.221 e. The molecule has 0 radical (unpaired) electrons. The fourth-order valence-corrected chi connectivity index (χ4v) is 1.64. The molecule has 1 aromatic rings. The molecule has 5 nitrogen and oxygen atoms in total. The number of nitrogen functional groups attached to an aromatic ring is 1. The summed E-state index contributed by atoms with van der Waals surface area (Å²) in [5.74, 6) is 1.11. The Balaban J connectivity index is 2.06. The van der Waals surface area contributed by atoms with E-state index in [1.165, 1.54) is 6.33 Å². The van der Waals surface area contributed by atoms with E-state index in [1.54, 1.807) is 0 Å². The van der Waals surface area contributed by atoms with E-state index >= 15 is 0 Å². The van der Waals surface area contributed by atoms with Crippen molar-refractivity contribution < 1.29 is 4.74 Å². The zero-order valence-corrected chi connectivity index (χ0v) is 8.86. The number of hydrogen-bond donors (Lipinski definition) is 2. The fourth-order valence-electron chi connectivity index (χ4n) is 1.64. The first kappa shape index (κ1) is 10.2. The van der Waals surface area contributed by atoms with E-state index < -0.39 is 0 Å². The van der Waals surface area contributed by atoms with Crippen molar-refractivity contribution in [2.24, 2.45) is 0 Å². The number of anilines is 1. The number of rotatable bonds is 2. The third-order valence-electron chi connectivity index (χ3n) is 2.64. The highest BCUT2D eigenvalue weighted by Crippen LogP contribution is 2.20. The lowest BCUT2D eigenvalue weighted by Gasteiger charge is -2.23. The number of aromatic nitrogens is 2. The van der Waals surface area contributed by atoms with Crippen molar-refractivity contribution in [2.45, 2.75) is 25.9 Å². The molecule has 1 fully saturated rings. The summed E-state index contributed by atoms with van der Waals surface area (Å²) in [5, 5.41) is 3.29. The van der Waals surface area contributed by atoms with Crippen molar-refractivity contribution in [1.29, 1.82) is 0 Å². The second kappa shape index (κ2) is 4.44. The van der Waals surface area contributed by atoms with Gasteiger partial charge in [-0.3, -0.25) is 0 Å². The van der Waals surface area contributed by atoms with Gasteiger partial charge < -0.3 is 15.8 Å². The lowest BCUT2D eigenvalue weighted by atomic mass is 10.1. The average molecular weight is 208 g/mol. The first-order valence-electron chi connectivity index (χ1n) is 5.22. The summed E-state index contributed by atoms with van der Waals surface area (Å²) in [7, 11) is 0. The minimum Gasteiger partial charge on any atom is -0.474 e. The first-order valence-corrected chi connectivity index (χ1v) is 5.22. The molecule has 0 bridgehead atoms. The van der Waals surface area contributed by atoms with Crippen LogP contribution in [0.15, 0.2) is 6.33 Å². The highest BCUT2D eigenvalue weighted by atomic mass is 16.5. The van der Waals surface area contributed by atoms with E-state index in [1.807, 2.05) is 6.92 Å². The van der Waals surface area contributed by atoms with Crippen LogP contribution >= 0.6 is 0 Å². The van der Waals surface area contributed by atoms with Crippen LogP contribution in [0.4, 0.5) is 5.82 Å². The van der Waals surface area contributed by atoms with Crippen LogP contribution in [-0.2, 0) is 0 Å². The molecule has 1 aliphatic heterocycles. The molecule has 0 amide bonds. The summed E-state index contributed by atoms with van der Waals surface area (Å²) < 4.78 is 5.80. The molecule has 3 N–H and O–H groups in total. The van der Waals surface area contributed by atoms with Gasteiger partial charge in [-0.25, -0.2) is 9.97 Å². The van der Waals surface area contributed by atoms with Crippen molar-refractivity contribution in [2.75, 3.05) is 18.8 Å². The SMILES string of the molecule is Cc1c(N)ncnc1OC1CCNCC1. The van der Waals surface area contributed by atoms with Gasteiger partial charge in [0.05, 0.1) is 5.56 Å². The molecule has 2 heterocycles. The van der Waals surface area contributed by atoms with Crippen molar-refractivity contribution >= 4 is 5.82 Å². The maximum atomic E-state index is 5.80. The Morgan fingerprint density at radius 3 is 2.87 bits per heavy atom. The number of ether oxygens (including phenoxy) is 1. The van der Waals surface area contributed by atoms with Crippen LogP contribution in [0.3, 0.4) is 0 Å². The predicted molar refractivity (Wildman–Crippen MR) is 57.7 cm³/mol. The Morgan fingerprint density at radius 1 is 1.40 bits per heavy atom. The van der Waals surface area contributed by atoms with Gasteiger partial charge in [0.2, 0.25) is 5.88 Å². The van der Waals surface area contributed by atoms with Crippen LogP contribution in [0.2, 0.25) is 0 Å².